The molecule has 0 aromatic carbocycles. The lowest BCUT2D eigenvalue weighted by Crippen LogP contribution is -2.48. The van der Waals surface area contributed by atoms with Crippen LogP contribution in [0.1, 0.15) is 24.3 Å². The van der Waals surface area contributed by atoms with Gasteiger partial charge >= 0.3 is 0 Å². The first kappa shape index (κ1) is 15.3. The van der Waals surface area contributed by atoms with Crippen molar-refractivity contribution in [1.29, 1.82) is 0 Å². The van der Waals surface area contributed by atoms with Crippen molar-refractivity contribution in [3.8, 4) is 0 Å². The van der Waals surface area contributed by atoms with Crippen LogP contribution in [0, 0.1) is 0 Å². The Morgan fingerprint density at radius 3 is 2.80 bits per heavy atom. The summed E-state index contributed by atoms with van der Waals surface area (Å²) in [5.74, 6) is 1.51. The molecule has 0 N–H and O–H groups in total. The van der Waals surface area contributed by atoms with E-state index < -0.39 is 15.2 Å². The van der Waals surface area contributed by atoms with Crippen molar-refractivity contribution < 1.29 is 13.2 Å². The van der Waals surface area contributed by atoms with E-state index in [1.807, 2.05) is 4.90 Å². The van der Waals surface area contributed by atoms with Crippen molar-refractivity contribution >= 4 is 33.1 Å². The molecular formula is C13H18N2O3S2. The van der Waals surface area contributed by atoms with E-state index in [1.165, 1.54) is 6.92 Å². The van der Waals surface area contributed by atoms with Gasteiger partial charge in [0.15, 0.2) is 15.6 Å². The van der Waals surface area contributed by atoms with Gasteiger partial charge in [0.2, 0.25) is 0 Å². The van der Waals surface area contributed by atoms with Crippen LogP contribution in [0.3, 0.4) is 0 Å². The third-order valence-corrected chi connectivity index (χ3v) is 6.63. The molecular weight excluding hydrogens is 296 g/mol. The first-order valence-electron chi connectivity index (χ1n) is 6.48. The Hall–Kier alpha value is -1.08. The Morgan fingerprint density at radius 2 is 2.25 bits per heavy atom. The molecule has 2 rings (SSSR count). The zero-order chi connectivity index (χ0) is 14.8. The molecule has 7 heteroatoms. The number of carbonyl (C=O) groups is 1. The van der Waals surface area contributed by atoms with E-state index in [0.29, 0.717) is 18.0 Å². The number of Topliss-reactive ketones (excluding diaryl/α,β-unsaturated/α-hetero) is 1. The van der Waals surface area contributed by atoms with Crippen LogP contribution < -0.4 is 4.90 Å². The summed E-state index contributed by atoms with van der Waals surface area (Å²) in [5, 5.41) is -0.503. The smallest absolute Gasteiger partial charge is 0.178 e. The van der Waals surface area contributed by atoms with Gasteiger partial charge in [0, 0.05) is 30.7 Å². The third kappa shape index (κ3) is 3.15. The minimum atomic E-state index is -3.13. The maximum absolute atomic E-state index is 12.2. The predicted octanol–water partition coefficient (Wildman–Crippen LogP) is 1.60. The maximum atomic E-state index is 12.2. The van der Waals surface area contributed by atoms with Crippen LogP contribution in [-0.2, 0) is 9.84 Å². The van der Waals surface area contributed by atoms with E-state index in [0.717, 1.165) is 11.4 Å². The molecule has 20 heavy (non-hydrogen) atoms. The molecule has 1 aliphatic rings. The van der Waals surface area contributed by atoms with E-state index >= 15 is 0 Å². The van der Waals surface area contributed by atoms with Gasteiger partial charge in [-0.3, -0.25) is 9.78 Å². The van der Waals surface area contributed by atoms with E-state index in [9.17, 15) is 13.2 Å². The van der Waals surface area contributed by atoms with Gasteiger partial charge in [0.1, 0.15) is 11.1 Å². The predicted molar refractivity (Wildman–Crippen MR) is 82.2 cm³/mol. The summed E-state index contributed by atoms with van der Waals surface area (Å²) in [4.78, 5) is 17.2. The van der Waals surface area contributed by atoms with Crippen LogP contribution in [0.25, 0.3) is 0 Å². The molecule has 1 unspecified atom stereocenters. The summed E-state index contributed by atoms with van der Waals surface area (Å²) >= 11 is 1.66. The molecule has 110 valence electrons. The quantitative estimate of drug-likeness (QED) is 0.786. The summed E-state index contributed by atoms with van der Waals surface area (Å²) in [6.07, 6.45) is 1.59. The summed E-state index contributed by atoms with van der Waals surface area (Å²) < 4.78 is 24.4. The number of nitrogens with zero attached hydrogens (tertiary/aromatic N) is 2. The van der Waals surface area contributed by atoms with Crippen LogP contribution >= 0.6 is 11.8 Å². The zero-order valence-electron chi connectivity index (χ0n) is 11.6. The molecule has 0 aliphatic carbocycles. The van der Waals surface area contributed by atoms with Crippen molar-refractivity contribution in [2.75, 3.05) is 28.7 Å². The maximum Gasteiger partial charge on any atom is 0.178 e. The van der Waals surface area contributed by atoms with E-state index in [2.05, 4.69) is 4.98 Å². The molecule has 1 aliphatic heterocycles. The first-order valence-corrected chi connectivity index (χ1v) is 9.35. The first-order chi connectivity index (χ1) is 9.45. The standard InChI is InChI=1S/C13H18N2O3S2/c1-3-20(17,18)13-9-19-7-6-15(13)11-4-5-12(10(2)16)14-8-11/h4-5,8,13H,3,6-7,9H2,1-2H3. The molecule has 0 radical (unpaired) electrons. The second kappa shape index (κ2) is 6.13. The zero-order valence-corrected chi connectivity index (χ0v) is 13.2. The number of ketones is 1. The van der Waals surface area contributed by atoms with Crippen molar-refractivity contribution in [3.63, 3.8) is 0 Å². The lowest BCUT2D eigenvalue weighted by Gasteiger charge is -2.36. The fourth-order valence-electron chi connectivity index (χ4n) is 2.13. The van der Waals surface area contributed by atoms with Gasteiger partial charge in [-0.05, 0) is 12.1 Å². The van der Waals surface area contributed by atoms with Gasteiger partial charge in [-0.25, -0.2) is 8.42 Å². The molecule has 1 atom stereocenters. The second-order valence-electron chi connectivity index (χ2n) is 4.63. The van der Waals surface area contributed by atoms with Crippen molar-refractivity contribution in [2.24, 2.45) is 0 Å². The highest BCUT2D eigenvalue weighted by Gasteiger charge is 2.33. The number of sulfone groups is 1. The van der Waals surface area contributed by atoms with E-state index in [-0.39, 0.29) is 11.5 Å². The van der Waals surface area contributed by atoms with Crippen molar-refractivity contribution in [1.82, 2.24) is 4.98 Å². The molecule has 2 heterocycles. The molecule has 1 saturated heterocycles. The topological polar surface area (TPSA) is 67.3 Å². The number of carbonyl (C=O) groups excluding carboxylic acids is 1. The molecule has 0 saturated carbocycles. The average Bonchev–Trinajstić information content (AvgIpc) is 2.47. The van der Waals surface area contributed by atoms with Gasteiger partial charge in [-0.1, -0.05) is 6.92 Å². The number of hydrogen-bond acceptors (Lipinski definition) is 6. The Morgan fingerprint density at radius 1 is 1.50 bits per heavy atom. The highest BCUT2D eigenvalue weighted by atomic mass is 32.2. The van der Waals surface area contributed by atoms with Gasteiger partial charge in [0.05, 0.1) is 11.9 Å². The largest absolute Gasteiger partial charge is 0.352 e. The van der Waals surface area contributed by atoms with Crippen LogP contribution in [0.2, 0.25) is 0 Å². The summed E-state index contributed by atoms with van der Waals surface area (Å²) in [6, 6.07) is 3.42. The monoisotopic (exact) mass is 314 g/mol. The van der Waals surface area contributed by atoms with Gasteiger partial charge in [-0.2, -0.15) is 11.8 Å². The van der Waals surface area contributed by atoms with Crippen LogP contribution in [0.15, 0.2) is 18.3 Å². The highest BCUT2D eigenvalue weighted by Crippen LogP contribution is 2.27. The Bertz CT molecular complexity index is 584. The number of hydrogen-bond donors (Lipinski definition) is 0. The minimum Gasteiger partial charge on any atom is -0.352 e. The van der Waals surface area contributed by atoms with Gasteiger partial charge in [0.25, 0.3) is 0 Å². The lowest BCUT2D eigenvalue weighted by molar-refractivity contribution is 0.101. The number of rotatable bonds is 4. The van der Waals surface area contributed by atoms with Crippen LogP contribution in [0.4, 0.5) is 5.69 Å². The number of anilines is 1. The molecule has 0 bridgehead atoms. The molecule has 1 aromatic heterocycles. The SMILES string of the molecule is CCS(=O)(=O)C1CSCCN1c1ccc(C(C)=O)nc1. The summed E-state index contributed by atoms with van der Waals surface area (Å²) in [6.45, 7) is 3.81. The molecule has 1 aromatic rings. The average molecular weight is 314 g/mol. The number of aromatic nitrogens is 1. The molecule has 0 spiro atoms. The summed E-state index contributed by atoms with van der Waals surface area (Å²) in [7, 11) is -3.13. The third-order valence-electron chi connectivity index (χ3n) is 3.34. The molecule has 0 amide bonds. The number of thioether (sulfide) groups is 1. The Labute approximate surface area is 123 Å². The Kier molecular flexibility index (Phi) is 4.70. The van der Waals surface area contributed by atoms with E-state index in [1.54, 1.807) is 37.0 Å². The normalized spacial score (nSPS) is 19.9. The van der Waals surface area contributed by atoms with Gasteiger partial charge < -0.3 is 4.90 Å². The minimum absolute atomic E-state index is 0.0940. The lowest BCUT2D eigenvalue weighted by atomic mass is 10.2. The highest BCUT2D eigenvalue weighted by molar-refractivity contribution is 8.01. The van der Waals surface area contributed by atoms with E-state index in [4.69, 9.17) is 0 Å². The number of pyridine rings is 1. The second-order valence-corrected chi connectivity index (χ2v) is 8.23. The summed E-state index contributed by atoms with van der Waals surface area (Å²) in [5.41, 5.74) is 1.16. The van der Waals surface area contributed by atoms with Crippen molar-refractivity contribution in [2.45, 2.75) is 19.2 Å². The fraction of sp³-hybridized carbons (Fsp3) is 0.538. The fourth-order valence-corrected chi connectivity index (χ4v) is 5.12. The van der Waals surface area contributed by atoms with Crippen molar-refractivity contribution in [3.05, 3.63) is 24.0 Å². The van der Waals surface area contributed by atoms with Gasteiger partial charge in [-0.15, -0.1) is 0 Å². The molecule has 1 fully saturated rings. The van der Waals surface area contributed by atoms with Crippen LogP contribution in [-0.4, -0.2) is 48.4 Å². The molecule has 5 nitrogen and oxygen atoms in total. The Balaban J connectivity index is 2.30. The van der Waals surface area contributed by atoms with Crippen LogP contribution in [0.5, 0.6) is 0 Å².